The summed E-state index contributed by atoms with van der Waals surface area (Å²) in [7, 11) is 0. The van der Waals surface area contributed by atoms with Crippen LogP contribution in [0.15, 0.2) is 54.9 Å². The summed E-state index contributed by atoms with van der Waals surface area (Å²) in [6.45, 7) is 3.97. The van der Waals surface area contributed by atoms with Crippen molar-refractivity contribution in [1.82, 2.24) is 9.97 Å². The van der Waals surface area contributed by atoms with Gasteiger partial charge in [-0.05, 0) is 43.2 Å². The molecule has 0 aliphatic rings. The van der Waals surface area contributed by atoms with Gasteiger partial charge in [-0.2, -0.15) is 0 Å². The monoisotopic (exact) mass is 352 g/mol. The average Bonchev–Trinajstić information content (AvgIpc) is 2.61. The van der Waals surface area contributed by atoms with Crippen molar-refractivity contribution in [2.75, 3.05) is 10.6 Å². The Kier molecular flexibility index (Phi) is 4.95. The van der Waals surface area contributed by atoms with E-state index in [9.17, 15) is 4.79 Å². The van der Waals surface area contributed by atoms with Crippen molar-refractivity contribution in [2.45, 2.75) is 13.8 Å². The van der Waals surface area contributed by atoms with Crippen LogP contribution in [-0.2, 0) is 0 Å². The van der Waals surface area contributed by atoms with Gasteiger partial charge in [0.25, 0.3) is 5.91 Å². The number of nitrogens with zero attached hydrogens (tertiary/aromatic N) is 2. The normalized spacial score (nSPS) is 10.4. The molecule has 3 aromatic rings. The van der Waals surface area contributed by atoms with E-state index in [1.165, 1.54) is 12.4 Å². The maximum atomic E-state index is 12.4. The number of carbonyl (C=O) groups excluding carboxylic acids is 1. The number of rotatable bonds is 4. The largest absolute Gasteiger partial charge is 0.323 e. The van der Waals surface area contributed by atoms with Crippen LogP contribution in [0.4, 0.5) is 17.3 Å². The summed E-state index contributed by atoms with van der Waals surface area (Å²) >= 11 is 6.09. The third-order valence-corrected chi connectivity index (χ3v) is 4.22. The quantitative estimate of drug-likeness (QED) is 0.711. The van der Waals surface area contributed by atoms with E-state index in [0.717, 1.165) is 16.8 Å². The zero-order chi connectivity index (χ0) is 17.8. The molecule has 126 valence electrons. The van der Waals surface area contributed by atoms with Gasteiger partial charge in [-0.25, -0.2) is 9.97 Å². The lowest BCUT2D eigenvalue weighted by Gasteiger charge is -2.10. The Morgan fingerprint density at radius 3 is 2.36 bits per heavy atom. The number of aromatic nitrogens is 2. The second-order valence-electron chi connectivity index (χ2n) is 5.60. The molecule has 0 aliphatic heterocycles. The molecule has 3 rings (SSSR count). The summed E-state index contributed by atoms with van der Waals surface area (Å²) < 4.78 is 0. The molecule has 0 saturated carbocycles. The number of halogens is 1. The van der Waals surface area contributed by atoms with Gasteiger partial charge in [0, 0.05) is 18.1 Å². The highest BCUT2D eigenvalue weighted by atomic mass is 35.5. The minimum absolute atomic E-state index is 0.252. The van der Waals surface area contributed by atoms with E-state index < -0.39 is 0 Å². The summed E-state index contributed by atoms with van der Waals surface area (Å²) in [5.41, 5.74) is 4.02. The topological polar surface area (TPSA) is 66.9 Å². The minimum Gasteiger partial charge on any atom is -0.323 e. The zero-order valence-corrected chi connectivity index (χ0v) is 14.6. The molecule has 0 bridgehead atoms. The second kappa shape index (κ2) is 7.32. The maximum absolute atomic E-state index is 12.4. The molecule has 0 spiro atoms. The SMILES string of the molecule is Cc1cccc(NC(=O)c2cnc(Nc3ccccc3Cl)nc2)c1C. The molecule has 0 aliphatic carbocycles. The van der Waals surface area contributed by atoms with Gasteiger partial charge in [0.05, 0.1) is 16.3 Å². The molecule has 1 aromatic heterocycles. The molecule has 0 fully saturated rings. The van der Waals surface area contributed by atoms with Gasteiger partial charge in [0.2, 0.25) is 5.95 Å². The third-order valence-electron chi connectivity index (χ3n) is 3.89. The molecule has 6 heteroatoms. The van der Waals surface area contributed by atoms with Crippen LogP contribution >= 0.6 is 11.6 Å². The van der Waals surface area contributed by atoms with Crippen molar-refractivity contribution in [3.63, 3.8) is 0 Å². The molecule has 0 atom stereocenters. The molecule has 5 nitrogen and oxygen atoms in total. The number of amides is 1. The van der Waals surface area contributed by atoms with E-state index in [-0.39, 0.29) is 5.91 Å². The minimum atomic E-state index is -0.252. The first-order valence-electron chi connectivity index (χ1n) is 7.76. The van der Waals surface area contributed by atoms with E-state index in [2.05, 4.69) is 20.6 Å². The number of benzene rings is 2. The lowest BCUT2D eigenvalue weighted by Crippen LogP contribution is -2.14. The average molecular weight is 353 g/mol. The van der Waals surface area contributed by atoms with Crippen molar-refractivity contribution in [2.24, 2.45) is 0 Å². The molecule has 2 aromatic carbocycles. The molecule has 1 amide bonds. The number of anilines is 3. The Labute approximate surface area is 151 Å². The van der Waals surface area contributed by atoms with Gasteiger partial charge in [0.1, 0.15) is 0 Å². The van der Waals surface area contributed by atoms with Gasteiger partial charge >= 0.3 is 0 Å². The number of nitrogens with one attached hydrogen (secondary N) is 2. The van der Waals surface area contributed by atoms with Crippen molar-refractivity contribution in [3.05, 3.63) is 76.6 Å². The van der Waals surface area contributed by atoms with Crippen molar-refractivity contribution in [1.29, 1.82) is 0 Å². The molecule has 0 saturated heterocycles. The van der Waals surface area contributed by atoms with Crippen molar-refractivity contribution in [3.8, 4) is 0 Å². The van der Waals surface area contributed by atoms with E-state index in [1.54, 1.807) is 6.07 Å². The summed E-state index contributed by atoms with van der Waals surface area (Å²) in [5.74, 6) is 0.120. The van der Waals surface area contributed by atoms with Crippen LogP contribution in [0.1, 0.15) is 21.5 Å². The first-order chi connectivity index (χ1) is 12.0. The van der Waals surface area contributed by atoms with Crippen LogP contribution in [-0.4, -0.2) is 15.9 Å². The van der Waals surface area contributed by atoms with Gasteiger partial charge < -0.3 is 10.6 Å². The third kappa shape index (κ3) is 3.95. The highest BCUT2D eigenvalue weighted by Crippen LogP contribution is 2.23. The summed E-state index contributed by atoms with van der Waals surface area (Å²) in [4.78, 5) is 20.7. The van der Waals surface area contributed by atoms with Gasteiger partial charge in [0.15, 0.2) is 0 Å². The Balaban J connectivity index is 1.72. The van der Waals surface area contributed by atoms with Crippen LogP contribution in [0.5, 0.6) is 0 Å². The molecule has 2 N–H and O–H groups in total. The van der Waals surface area contributed by atoms with E-state index in [4.69, 9.17) is 11.6 Å². The van der Waals surface area contributed by atoms with Crippen molar-refractivity contribution < 1.29 is 4.79 Å². The number of hydrogen-bond donors (Lipinski definition) is 2. The van der Waals surface area contributed by atoms with Crippen LogP contribution in [0.25, 0.3) is 0 Å². The zero-order valence-electron chi connectivity index (χ0n) is 13.9. The Morgan fingerprint density at radius 2 is 1.64 bits per heavy atom. The van der Waals surface area contributed by atoms with Crippen LogP contribution in [0.3, 0.4) is 0 Å². The van der Waals surface area contributed by atoms with Gasteiger partial charge in [-0.1, -0.05) is 35.9 Å². The van der Waals surface area contributed by atoms with E-state index in [1.807, 2.05) is 50.2 Å². The highest BCUT2D eigenvalue weighted by Gasteiger charge is 2.10. The Morgan fingerprint density at radius 1 is 0.960 bits per heavy atom. The van der Waals surface area contributed by atoms with E-state index >= 15 is 0 Å². The number of para-hydroxylation sites is 1. The molecule has 0 radical (unpaired) electrons. The predicted octanol–water partition coefficient (Wildman–Crippen LogP) is 4.74. The van der Waals surface area contributed by atoms with Crippen LogP contribution < -0.4 is 10.6 Å². The summed E-state index contributed by atoms with van der Waals surface area (Å²) in [6, 6.07) is 13.1. The van der Waals surface area contributed by atoms with Crippen LogP contribution in [0, 0.1) is 13.8 Å². The van der Waals surface area contributed by atoms with Crippen molar-refractivity contribution >= 4 is 34.8 Å². The molecule has 25 heavy (non-hydrogen) atoms. The smallest absolute Gasteiger partial charge is 0.258 e. The van der Waals surface area contributed by atoms with Gasteiger partial charge in [-0.15, -0.1) is 0 Å². The second-order valence-corrected chi connectivity index (χ2v) is 6.01. The number of carbonyl (C=O) groups is 1. The number of aryl methyl sites for hydroxylation is 1. The number of hydrogen-bond acceptors (Lipinski definition) is 4. The highest BCUT2D eigenvalue weighted by molar-refractivity contribution is 6.33. The lowest BCUT2D eigenvalue weighted by atomic mass is 10.1. The van der Waals surface area contributed by atoms with E-state index in [0.29, 0.717) is 22.2 Å². The lowest BCUT2D eigenvalue weighted by molar-refractivity contribution is 0.102. The molecule has 0 unspecified atom stereocenters. The summed E-state index contributed by atoms with van der Waals surface area (Å²) in [5, 5.41) is 6.48. The fourth-order valence-electron chi connectivity index (χ4n) is 2.27. The first-order valence-corrected chi connectivity index (χ1v) is 8.13. The molecule has 1 heterocycles. The molecular weight excluding hydrogens is 336 g/mol. The standard InChI is InChI=1S/C19H17ClN4O/c1-12-6-5-9-16(13(12)2)23-18(25)14-10-21-19(22-11-14)24-17-8-4-3-7-15(17)20/h3-11H,1-2H3,(H,23,25)(H,21,22,24). The fourth-order valence-corrected chi connectivity index (χ4v) is 2.46. The Bertz CT molecular complexity index is 910. The maximum Gasteiger partial charge on any atom is 0.258 e. The predicted molar refractivity (Wildman–Crippen MR) is 101 cm³/mol. The first kappa shape index (κ1) is 16.9. The fraction of sp³-hybridized carbons (Fsp3) is 0.105. The summed E-state index contributed by atoms with van der Waals surface area (Å²) in [6.07, 6.45) is 2.96. The molecular formula is C19H17ClN4O. The van der Waals surface area contributed by atoms with Crippen LogP contribution in [0.2, 0.25) is 5.02 Å². The van der Waals surface area contributed by atoms with Gasteiger partial charge in [-0.3, -0.25) is 4.79 Å². The Hall–Kier alpha value is -2.92.